The Bertz CT molecular complexity index is 1200. The SMILES string of the molecule is CC(C)CNC(=O)c1cc2ccc(OC(=O)COc3ccc(C(C)(C)C)cc3)cc2oc1=O. The summed E-state index contributed by atoms with van der Waals surface area (Å²) in [7, 11) is 0. The topological polar surface area (TPSA) is 94.8 Å². The summed E-state index contributed by atoms with van der Waals surface area (Å²) >= 11 is 0. The lowest BCUT2D eigenvalue weighted by atomic mass is 9.87. The number of fused-ring (bicyclic) bond motifs is 1. The fraction of sp³-hybridized carbons (Fsp3) is 0.346. The number of nitrogens with one attached hydrogen (secondary N) is 1. The Morgan fingerprint density at radius 3 is 2.30 bits per heavy atom. The molecule has 3 rings (SSSR count). The molecule has 3 aromatic rings. The molecule has 0 atom stereocenters. The van der Waals surface area contributed by atoms with Crippen LogP contribution < -0.4 is 20.4 Å². The molecule has 174 valence electrons. The molecule has 1 N–H and O–H groups in total. The van der Waals surface area contributed by atoms with Gasteiger partial charge in [0.25, 0.3) is 5.91 Å². The van der Waals surface area contributed by atoms with Crippen LogP contribution in [0.3, 0.4) is 0 Å². The Morgan fingerprint density at radius 2 is 1.67 bits per heavy atom. The van der Waals surface area contributed by atoms with Gasteiger partial charge in [0.15, 0.2) is 6.61 Å². The van der Waals surface area contributed by atoms with Crippen molar-refractivity contribution >= 4 is 22.8 Å². The maximum absolute atomic E-state index is 12.2. The number of esters is 1. The zero-order chi connectivity index (χ0) is 24.2. The van der Waals surface area contributed by atoms with Crippen LogP contribution in [0.5, 0.6) is 11.5 Å². The zero-order valence-corrected chi connectivity index (χ0v) is 19.6. The van der Waals surface area contributed by atoms with E-state index in [1.165, 1.54) is 12.1 Å². The van der Waals surface area contributed by atoms with E-state index < -0.39 is 17.5 Å². The minimum Gasteiger partial charge on any atom is -0.482 e. The first kappa shape index (κ1) is 24.0. The Morgan fingerprint density at radius 1 is 1.00 bits per heavy atom. The molecule has 0 saturated carbocycles. The first-order valence-corrected chi connectivity index (χ1v) is 10.8. The number of rotatable bonds is 7. The van der Waals surface area contributed by atoms with Gasteiger partial charge in [0.1, 0.15) is 22.6 Å². The summed E-state index contributed by atoms with van der Waals surface area (Å²) in [4.78, 5) is 36.7. The summed E-state index contributed by atoms with van der Waals surface area (Å²) in [5.74, 6) is -0.0543. The smallest absolute Gasteiger partial charge is 0.349 e. The average Bonchev–Trinajstić information content (AvgIpc) is 2.75. The van der Waals surface area contributed by atoms with Crippen LogP contribution in [0.25, 0.3) is 11.0 Å². The number of amides is 1. The Balaban J connectivity index is 1.64. The van der Waals surface area contributed by atoms with Gasteiger partial charge in [-0.15, -0.1) is 0 Å². The van der Waals surface area contributed by atoms with E-state index in [-0.39, 0.29) is 34.8 Å². The predicted molar refractivity (Wildman–Crippen MR) is 126 cm³/mol. The number of carbonyl (C=O) groups excluding carboxylic acids is 2. The third-order valence-electron chi connectivity index (χ3n) is 4.93. The van der Waals surface area contributed by atoms with Gasteiger partial charge in [-0.2, -0.15) is 0 Å². The highest BCUT2D eigenvalue weighted by Gasteiger charge is 2.16. The van der Waals surface area contributed by atoms with Crippen LogP contribution in [0.4, 0.5) is 0 Å². The summed E-state index contributed by atoms with van der Waals surface area (Å²) in [6.45, 7) is 10.5. The number of carbonyl (C=O) groups is 2. The van der Waals surface area contributed by atoms with Gasteiger partial charge in [-0.3, -0.25) is 4.79 Å². The van der Waals surface area contributed by atoms with Crippen LogP contribution >= 0.6 is 0 Å². The van der Waals surface area contributed by atoms with Gasteiger partial charge in [0.05, 0.1) is 0 Å². The van der Waals surface area contributed by atoms with Crippen molar-refractivity contribution in [1.82, 2.24) is 5.32 Å². The van der Waals surface area contributed by atoms with E-state index in [0.29, 0.717) is 17.7 Å². The maximum atomic E-state index is 12.2. The van der Waals surface area contributed by atoms with E-state index >= 15 is 0 Å². The lowest BCUT2D eigenvalue weighted by molar-refractivity contribution is -0.136. The summed E-state index contributed by atoms with van der Waals surface area (Å²) in [6.07, 6.45) is 0. The molecule has 33 heavy (non-hydrogen) atoms. The highest BCUT2D eigenvalue weighted by molar-refractivity contribution is 5.96. The Labute approximate surface area is 192 Å². The third-order valence-corrected chi connectivity index (χ3v) is 4.93. The van der Waals surface area contributed by atoms with E-state index in [1.54, 1.807) is 12.1 Å². The first-order valence-electron chi connectivity index (χ1n) is 10.8. The van der Waals surface area contributed by atoms with Crippen molar-refractivity contribution in [1.29, 1.82) is 0 Å². The van der Waals surface area contributed by atoms with Gasteiger partial charge in [-0.1, -0.05) is 46.8 Å². The molecule has 1 amide bonds. The van der Waals surface area contributed by atoms with Gasteiger partial charge < -0.3 is 19.2 Å². The molecule has 1 heterocycles. The van der Waals surface area contributed by atoms with E-state index in [4.69, 9.17) is 13.9 Å². The standard InChI is InChI=1S/C26H29NO6/c1-16(2)14-27-24(29)21-12-17-6-9-20(13-22(17)33-25(21)30)32-23(28)15-31-19-10-7-18(8-11-19)26(3,4)5/h6-13,16H,14-15H2,1-5H3,(H,27,29). The summed E-state index contributed by atoms with van der Waals surface area (Å²) in [6, 6.07) is 13.6. The van der Waals surface area contributed by atoms with Crippen LogP contribution in [0.1, 0.15) is 50.5 Å². The van der Waals surface area contributed by atoms with Crippen molar-refractivity contribution in [3.63, 3.8) is 0 Å². The van der Waals surface area contributed by atoms with Crippen LogP contribution in [0.2, 0.25) is 0 Å². The van der Waals surface area contributed by atoms with E-state index in [0.717, 1.165) is 5.56 Å². The number of ether oxygens (including phenoxy) is 2. The lowest BCUT2D eigenvalue weighted by Crippen LogP contribution is -2.31. The molecule has 0 unspecified atom stereocenters. The van der Waals surface area contributed by atoms with Crippen molar-refractivity contribution in [3.8, 4) is 11.5 Å². The van der Waals surface area contributed by atoms with Crippen molar-refractivity contribution < 1.29 is 23.5 Å². The maximum Gasteiger partial charge on any atom is 0.349 e. The second-order valence-corrected chi connectivity index (χ2v) is 9.29. The fourth-order valence-electron chi connectivity index (χ4n) is 3.06. The van der Waals surface area contributed by atoms with Gasteiger partial charge in [-0.05, 0) is 47.2 Å². The fourth-order valence-corrected chi connectivity index (χ4v) is 3.06. The van der Waals surface area contributed by atoms with Gasteiger partial charge in [-0.25, -0.2) is 9.59 Å². The number of hydrogen-bond acceptors (Lipinski definition) is 6. The average molecular weight is 452 g/mol. The van der Waals surface area contributed by atoms with E-state index in [2.05, 4.69) is 26.1 Å². The quantitative estimate of drug-likeness (QED) is 0.324. The highest BCUT2D eigenvalue weighted by atomic mass is 16.6. The second-order valence-electron chi connectivity index (χ2n) is 9.29. The normalized spacial score (nSPS) is 11.5. The van der Waals surface area contributed by atoms with Gasteiger partial charge in [0, 0.05) is 18.0 Å². The van der Waals surface area contributed by atoms with Crippen molar-refractivity contribution in [2.24, 2.45) is 5.92 Å². The molecule has 0 fully saturated rings. The number of benzene rings is 2. The van der Waals surface area contributed by atoms with Gasteiger partial charge in [0.2, 0.25) is 0 Å². The molecule has 2 aromatic carbocycles. The van der Waals surface area contributed by atoms with Crippen LogP contribution in [0, 0.1) is 5.92 Å². The Hall–Kier alpha value is -3.61. The van der Waals surface area contributed by atoms with Crippen LogP contribution in [-0.4, -0.2) is 25.0 Å². The molecule has 0 radical (unpaired) electrons. The van der Waals surface area contributed by atoms with Crippen molar-refractivity contribution in [2.45, 2.75) is 40.0 Å². The largest absolute Gasteiger partial charge is 0.482 e. The molecule has 0 aliphatic rings. The molecular weight excluding hydrogens is 422 g/mol. The van der Waals surface area contributed by atoms with E-state index in [1.807, 2.05) is 38.1 Å². The summed E-state index contributed by atoms with van der Waals surface area (Å²) in [5.41, 5.74) is 0.578. The van der Waals surface area contributed by atoms with Crippen LogP contribution in [0.15, 0.2) is 57.7 Å². The first-order chi connectivity index (χ1) is 15.5. The van der Waals surface area contributed by atoms with Gasteiger partial charge >= 0.3 is 11.6 Å². The summed E-state index contributed by atoms with van der Waals surface area (Å²) < 4.78 is 16.1. The lowest BCUT2D eigenvalue weighted by Gasteiger charge is -2.19. The second kappa shape index (κ2) is 9.90. The minimum absolute atomic E-state index is 0.0290. The molecule has 0 aliphatic carbocycles. The number of hydrogen-bond donors (Lipinski definition) is 1. The molecule has 7 nitrogen and oxygen atoms in total. The monoisotopic (exact) mass is 451 g/mol. The molecule has 0 spiro atoms. The molecule has 1 aromatic heterocycles. The summed E-state index contributed by atoms with van der Waals surface area (Å²) in [5, 5.41) is 3.24. The molecule has 7 heteroatoms. The zero-order valence-electron chi connectivity index (χ0n) is 19.6. The third kappa shape index (κ3) is 6.44. The molecular formula is C26H29NO6. The van der Waals surface area contributed by atoms with Crippen LogP contribution in [-0.2, 0) is 10.2 Å². The minimum atomic E-state index is -0.755. The Kier molecular flexibility index (Phi) is 7.21. The predicted octanol–water partition coefficient (Wildman–Crippen LogP) is 4.46. The molecule has 0 bridgehead atoms. The van der Waals surface area contributed by atoms with Crippen molar-refractivity contribution in [2.75, 3.05) is 13.2 Å². The molecule has 0 saturated heterocycles. The molecule has 0 aliphatic heterocycles. The highest BCUT2D eigenvalue weighted by Crippen LogP contribution is 2.24. The van der Waals surface area contributed by atoms with E-state index in [9.17, 15) is 14.4 Å². The van der Waals surface area contributed by atoms with Crippen molar-refractivity contribution in [3.05, 3.63) is 70.1 Å².